The van der Waals surface area contributed by atoms with E-state index in [9.17, 15) is 0 Å². The Labute approximate surface area is 166 Å². The number of nitrogens with zero attached hydrogens (tertiary/aromatic N) is 2. The van der Waals surface area contributed by atoms with Crippen molar-refractivity contribution in [3.05, 3.63) is 0 Å². The molecule has 144 valence electrons. The third-order valence-electron chi connectivity index (χ3n) is 4.20. The molecule has 0 atom stereocenters. The first kappa shape index (κ1) is 23.9. The van der Waals surface area contributed by atoms with Crippen molar-refractivity contribution in [2.75, 3.05) is 52.5 Å². The minimum Gasteiger partial charge on any atom is -0.381 e. The Hall–Kier alpha value is -0.0800. The van der Waals surface area contributed by atoms with E-state index in [-0.39, 0.29) is 24.0 Å². The number of guanidine groups is 1. The maximum absolute atomic E-state index is 5.64. The smallest absolute Gasteiger partial charge is 0.191 e. The Morgan fingerprint density at radius 3 is 2.46 bits per heavy atom. The van der Waals surface area contributed by atoms with Crippen LogP contribution in [0.5, 0.6) is 0 Å². The summed E-state index contributed by atoms with van der Waals surface area (Å²) < 4.78 is 5.64. The summed E-state index contributed by atoms with van der Waals surface area (Å²) in [6.45, 7) is 14.6. The Balaban J connectivity index is 0.00000529. The van der Waals surface area contributed by atoms with Gasteiger partial charge in [0.15, 0.2) is 5.96 Å². The van der Waals surface area contributed by atoms with Gasteiger partial charge in [-0.3, -0.25) is 4.99 Å². The molecule has 0 bridgehead atoms. The van der Waals surface area contributed by atoms with Crippen molar-refractivity contribution in [2.45, 2.75) is 52.9 Å². The van der Waals surface area contributed by atoms with Crippen LogP contribution in [-0.4, -0.2) is 63.3 Å². The first-order chi connectivity index (χ1) is 11.3. The van der Waals surface area contributed by atoms with E-state index >= 15 is 0 Å². The van der Waals surface area contributed by atoms with Crippen LogP contribution in [0.1, 0.15) is 52.9 Å². The van der Waals surface area contributed by atoms with Gasteiger partial charge in [-0.15, -0.1) is 24.0 Å². The van der Waals surface area contributed by atoms with Gasteiger partial charge in [-0.2, -0.15) is 0 Å². The minimum absolute atomic E-state index is 0. The van der Waals surface area contributed by atoms with Gasteiger partial charge in [0.1, 0.15) is 0 Å². The van der Waals surface area contributed by atoms with Crippen LogP contribution < -0.4 is 10.6 Å². The second-order valence-electron chi connectivity index (χ2n) is 6.29. The molecular formula is C18H39IN4O. The topological polar surface area (TPSA) is 48.9 Å². The van der Waals surface area contributed by atoms with E-state index in [1.165, 1.54) is 32.2 Å². The largest absolute Gasteiger partial charge is 0.381 e. The van der Waals surface area contributed by atoms with Crippen LogP contribution in [0.15, 0.2) is 4.99 Å². The highest BCUT2D eigenvalue weighted by Crippen LogP contribution is 2.28. The molecule has 0 spiro atoms. The first-order valence-electron chi connectivity index (χ1n) is 9.62. The molecule has 0 aromatic heterocycles. The summed E-state index contributed by atoms with van der Waals surface area (Å²) in [5.74, 6) is 1.80. The quantitative estimate of drug-likeness (QED) is 0.183. The monoisotopic (exact) mass is 454 g/mol. The zero-order valence-corrected chi connectivity index (χ0v) is 18.3. The number of nitrogens with one attached hydrogen (secondary N) is 2. The molecule has 0 heterocycles. The molecule has 0 radical (unpaired) electrons. The van der Waals surface area contributed by atoms with Gasteiger partial charge in [-0.1, -0.05) is 13.8 Å². The van der Waals surface area contributed by atoms with Gasteiger partial charge in [0.05, 0.1) is 0 Å². The van der Waals surface area contributed by atoms with Gasteiger partial charge in [0.2, 0.25) is 0 Å². The summed E-state index contributed by atoms with van der Waals surface area (Å²) in [6.07, 6.45) is 6.15. The predicted molar refractivity (Wildman–Crippen MR) is 115 cm³/mol. The van der Waals surface area contributed by atoms with E-state index in [1.54, 1.807) is 0 Å². The van der Waals surface area contributed by atoms with Gasteiger partial charge >= 0.3 is 0 Å². The second-order valence-corrected chi connectivity index (χ2v) is 6.29. The number of halogens is 1. The SMILES string of the molecule is CCNC(=NCCCOCC1CC1)NCCCCN(CC)CC.I. The number of unbranched alkanes of at least 4 members (excludes halogenated alkanes) is 1. The van der Waals surface area contributed by atoms with Crippen LogP contribution in [0.25, 0.3) is 0 Å². The number of hydrogen-bond acceptors (Lipinski definition) is 3. The maximum atomic E-state index is 5.64. The van der Waals surface area contributed by atoms with E-state index in [2.05, 4.69) is 41.3 Å². The fourth-order valence-corrected chi connectivity index (χ4v) is 2.44. The van der Waals surface area contributed by atoms with E-state index < -0.39 is 0 Å². The fraction of sp³-hybridized carbons (Fsp3) is 0.944. The molecule has 0 unspecified atom stereocenters. The maximum Gasteiger partial charge on any atom is 0.191 e. The highest BCUT2D eigenvalue weighted by molar-refractivity contribution is 14.0. The molecule has 1 aliphatic carbocycles. The van der Waals surface area contributed by atoms with Crippen LogP contribution in [0.4, 0.5) is 0 Å². The predicted octanol–water partition coefficient (Wildman–Crippen LogP) is 3.10. The third-order valence-corrected chi connectivity index (χ3v) is 4.20. The lowest BCUT2D eigenvalue weighted by Gasteiger charge is -2.18. The van der Waals surface area contributed by atoms with Crippen LogP contribution >= 0.6 is 24.0 Å². The van der Waals surface area contributed by atoms with Crippen molar-refractivity contribution in [3.63, 3.8) is 0 Å². The van der Waals surface area contributed by atoms with Crippen LogP contribution in [0, 0.1) is 5.92 Å². The molecule has 1 fully saturated rings. The van der Waals surface area contributed by atoms with Crippen molar-refractivity contribution in [2.24, 2.45) is 10.9 Å². The van der Waals surface area contributed by atoms with Crippen LogP contribution in [0.2, 0.25) is 0 Å². The zero-order valence-electron chi connectivity index (χ0n) is 16.0. The fourth-order valence-electron chi connectivity index (χ4n) is 2.44. The van der Waals surface area contributed by atoms with Crippen molar-refractivity contribution in [1.29, 1.82) is 0 Å². The lowest BCUT2D eigenvalue weighted by Crippen LogP contribution is -2.38. The minimum atomic E-state index is 0. The Morgan fingerprint density at radius 2 is 1.83 bits per heavy atom. The van der Waals surface area contributed by atoms with Crippen LogP contribution in [0.3, 0.4) is 0 Å². The number of aliphatic imine (C=N–C) groups is 1. The van der Waals surface area contributed by atoms with Gasteiger partial charge in [-0.05, 0) is 64.6 Å². The zero-order chi connectivity index (χ0) is 16.8. The molecule has 0 saturated heterocycles. The summed E-state index contributed by atoms with van der Waals surface area (Å²) in [5.41, 5.74) is 0. The van der Waals surface area contributed by atoms with Crippen LogP contribution in [-0.2, 0) is 4.74 Å². The molecule has 0 aromatic carbocycles. The van der Waals surface area contributed by atoms with E-state index in [4.69, 9.17) is 4.74 Å². The van der Waals surface area contributed by atoms with Gasteiger partial charge in [0, 0.05) is 32.8 Å². The average Bonchev–Trinajstić information content (AvgIpc) is 3.38. The average molecular weight is 454 g/mol. The Kier molecular flexibility index (Phi) is 16.3. The molecule has 2 N–H and O–H groups in total. The highest BCUT2D eigenvalue weighted by Gasteiger charge is 2.20. The number of rotatable bonds is 14. The summed E-state index contributed by atoms with van der Waals surface area (Å²) in [5, 5.41) is 6.74. The molecule has 6 heteroatoms. The van der Waals surface area contributed by atoms with Crippen molar-refractivity contribution >= 4 is 29.9 Å². The van der Waals surface area contributed by atoms with Crippen molar-refractivity contribution in [3.8, 4) is 0 Å². The number of ether oxygens (including phenoxy) is 1. The second kappa shape index (κ2) is 16.4. The summed E-state index contributed by atoms with van der Waals surface area (Å²) in [7, 11) is 0. The van der Waals surface area contributed by atoms with Gasteiger partial charge in [0.25, 0.3) is 0 Å². The standard InChI is InChI=1S/C18H38N4O.HI/c1-4-19-18(20-12-7-8-14-22(5-2)6-3)21-13-9-15-23-16-17-10-11-17;/h17H,4-16H2,1-3H3,(H2,19,20,21);1H. The van der Waals surface area contributed by atoms with Gasteiger partial charge < -0.3 is 20.3 Å². The molecule has 1 saturated carbocycles. The normalized spacial score (nSPS) is 14.6. The molecule has 0 aliphatic heterocycles. The molecule has 1 rings (SSSR count). The summed E-state index contributed by atoms with van der Waals surface area (Å²) >= 11 is 0. The first-order valence-corrected chi connectivity index (χ1v) is 9.62. The molecular weight excluding hydrogens is 415 g/mol. The summed E-state index contributed by atoms with van der Waals surface area (Å²) in [6, 6.07) is 0. The Bertz CT molecular complexity index is 307. The van der Waals surface area contributed by atoms with E-state index in [0.717, 1.165) is 64.2 Å². The van der Waals surface area contributed by atoms with Crippen molar-refractivity contribution in [1.82, 2.24) is 15.5 Å². The number of hydrogen-bond donors (Lipinski definition) is 2. The highest BCUT2D eigenvalue weighted by atomic mass is 127. The molecule has 5 nitrogen and oxygen atoms in total. The third kappa shape index (κ3) is 13.2. The lowest BCUT2D eigenvalue weighted by atomic mass is 10.3. The molecule has 24 heavy (non-hydrogen) atoms. The van der Waals surface area contributed by atoms with Crippen molar-refractivity contribution < 1.29 is 4.74 Å². The van der Waals surface area contributed by atoms with Gasteiger partial charge in [-0.25, -0.2) is 0 Å². The van der Waals surface area contributed by atoms with E-state index in [0.29, 0.717) is 0 Å². The Morgan fingerprint density at radius 1 is 1.08 bits per heavy atom. The molecule has 1 aliphatic rings. The molecule has 0 amide bonds. The lowest BCUT2D eigenvalue weighted by molar-refractivity contribution is 0.123. The van der Waals surface area contributed by atoms with E-state index in [1.807, 2.05) is 0 Å². The summed E-state index contributed by atoms with van der Waals surface area (Å²) in [4.78, 5) is 7.09. The molecule has 0 aromatic rings.